The van der Waals surface area contributed by atoms with Crippen LogP contribution in [0.15, 0.2) is 35.1 Å². The highest BCUT2D eigenvalue weighted by Gasteiger charge is 2.15. The zero-order chi connectivity index (χ0) is 13.6. The molecular formula is C13H12N4O2. The lowest BCUT2D eigenvalue weighted by Gasteiger charge is -2.06. The number of H-pyrrole nitrogens is 1. The molecule has 0 saturated heterocycles. The van der Waals surface area contributed by atoms with Crippen LogP contribution in [0, 0.1) is 6.92 Å². The number of hydrogen-bond donors (Lipinski definition) is 3. The molecule has 1 aromatic carbocycles. The fourth-order valence-electron chi connectivity index (χ4n) is 2.11. The molecule has 2 aromatic heterocycles. The first-order valence-electron chi connectivity index (χ1n) is 5.74. The van der Waals surface area contributed by atoms with Crippen LogP contribution in [0.4, 0.5) is 5.82 Å². The molecule has 0 aliphatic rings. The summed E-state index contributed by atoms with van der Waals surface area (Å²) in [5.41, 5.74) is 7.69. The molecule has 0 spiro atoms. The van der Waals surface area contributed by atoms with Gasteiger partial charge in [0.1, 0.15) is 16.7 Å². The molecule has 0 amide bonds. The first kappa shape index (κ1) is 11.3. The Balaban J connectivity index is 2.39. The van der Waals surface area contributed by atoms with Gasteiger partial charge < -0.3 is 10.8 Å². The Morgan fingerprint density at radius 2 is 2.11 bits per heavy atom. The van der Waals surface area contributed by atoms with E-state index in [2.05, 4.69) is 10.1 Å². The summed E-state index contributed by atoms with van der Waals surface area (Å²) in [6, 6.07) is 8.96. The lowest BCUT2D eigenvalue weighted by atomic mass is 10.2. The summed E-state index contributed by atoms with van der Waals surface area (Å²) >= 11 is 0. The van der Waals surface area contributed by atoms with Gasteiger partial charge in [-0.15, -0.1) is 0 Å². The molecule has 0 radical (unpaired) electrons. The van der Waals surface area contributed by atoms with Crippen molar-refractivity contribution in [2.24, 2.45) is 0 Å². The van der Waals surface area contributed by atoms with Crippen LogP contribution in [0.1, 0.15) is 5.56 Å². The number of rotatable bonds is 1. The predicted molar refractivity (Wildman–Crippen MR) is 72.5 cm³/mol. The summed E-state index contributed by atoms with van der Waals surface area (Å²) in [5, 5.41) is 13.9. The van der Waals surface area contributed by atoms with Crippen LogP contribution >= 0.6 is 0 Å². The Hall–Kier alpha value is -2.76. The summed E-state index contributed by atoms with van der Waals surface area (Å²) < 4.78 is 1.51. The zero-order valence-corrected chi connectivity index (χ0v) is 10.2. The van der Waals surface area contributed by atoms with Crippen molar-refractivity contribution in [1.29, 1.82) is 0 Å². The fraction of sp³-hybridized carbons (Fsp3) is 0.0769. The minimum Gasteiger partial charge on any atom is -0.494 e. The molecule has 0 atom stereocenters. The second-order valence-electron chi connectivity index (χ2n) is 4.33. The number of nitrogens with two attached hydrogens (primary N) is 1. The predicted octanol–water partition coefficient (Wildman–Crippen LogP) is 1.31. The van der Waals surface area contributed by atoms with Crippen molar-refractivity contribution in [3.05, 3.63) is 46.2 Å². The van der Waals surface area contributed by atoms with Gasteiger partial charge in [-0.25, -0.2) is 4.68 Å². The molecule has 96 valence electrons. The molecule has 6 heteroatoms. The number of fused-ring (bicyclic) bond motifs is 1. The number of aromatic amines is 1. The number of aryl methyl sites for hydroxylation is 1. The first-order chi connectivity index (χ1) is 9.08. The van der Waals surface area contributed by atoms with Crippen molar-refractivity contribution in [3.8, 4) is 11.6 Å². The largest absolute Gasteiger partial charge is 0.494 e. The molecule has 2 heterocycles. The van der Waals surface area contributed by atoms with Crippen molar-refractivity contribution < 1.29 is 5.11 Å². The van der Waals surface area contributed by atoms with Crippen LogP contribution in [-0.2, 0) is 0 Å². The van der Waals surface area contributed by atoms with Crippen LogP contribution in [0.3, 0.4) is 0 Å². The Labute approximate surface area is 108 Å². The number of aromatic nitrogens is 3. The Morgan fingerprint density at radius 1 is 1.37 bits per heavy atom. The smallest absolute Gasteiger partial charge is 0.263 e. The number of nitrogen functional groups attached to an aromatic ring is 1. The highest BCUT2D eigenvalue weighted by molar-refractivity contribution is 5.89. The van der Waals surface area contributed by atoms with E-state index in [-0.39, 0.29) is 17.1 Å². The maximum atomic E-state index is 11.8. The van der Waals surface area contributed by atoms with Crippen molar-refractivity contribution in [2.45, 2.75) is 6.92 Å². The number of nitrogens with one attached hydrogen (secondary N) is 1. The van der Waals surface area contributed by atoms with E-state index in [1.54, 1.807) is 0 Å². The summed E-state index contributed by atoms with van der Waals surface area (Å²) in [6.07, 6.45) is 0. The Bertz CT molecular complexity index is 832. The quantitative estimate of drug-likeness (QED) is 0.611. The summed E-state index contributed by atoms with van der Waals surface area (Å²) in [5.74, 6) is 0.0254. The van der Waals surface area contributed by atoms with E-state index in [0.29, 0.717) is 5.52 Å². The number of nitrogens with zero attached hydrogens (tertiary/aromatic N) is 2. The van der Waals surface area contributed by atoms with Crippen LogP contribution in [0.2, 0.25) is 0 Å². The monoisotopic (exact) mass is 256 g/mol. The second kappa shape index (κ2) is 3.88. The molecule has 0 bridgehead atoms. The van der Waals surface area contributed by atoms with Gasteiger partial charge in [-0.1, -0.05) is 18.2 Å². The van der Waals surface area contributed by atoms with Gasteiger partial charge in [-0.2, -0.15) is 5.10 Å². The standard InChI is InChI=1S/C13H12N4O2/c1-7-4-2-3-5-9(7)17-12(14)11-8(16-17)6-10(18)15-13(11)19/h2-6,18H,14H2,1H3,(H,15,19). The molecule has 4 N–H and O–H groups in total. The van der Waals surface area contributed by atoms with Gasteiger partial charge in [0.15, 0.2) is 5.88 Å². The molecule has 3 aromatic rings. The maximum Gasteiger partial charge on any atom is 0.263 e. The minimum absolute atomic E-state index is 0.230. The molecule has 0 aliphatic heterocycles. The van der Waals surface area contributed by atoms with Gasteiger partial charge in [0.2, 0.25) is 0 Å². The summed E-state index contributed by atoms with van der Waals surface area (Å²) in [6.45, 7) is 1.93. The normalized spacial score (nSPS) is 11.0. The maximum absolute atomic E-state index is 11.8. The zero-order valence-electron chi connectivity index (χ0n) is 10.2. The van der Waals surface area contributed by atoms with E-state index in [9.17, 15) is 9.90 Å². The van der Waals surface area contributed by atoms with Gasteiger partial charge in [-0.05, 0) is 18.6 Å². The number of anilines is 1. The number of para-hydroxylation sites is 1. The van der Waals surface area contributed by atoms with E-state index >= 15 is 0 Å². The Kier molecular flexibility index (Phi) is 2.31. The molecule has 19 heavy (non-hydrogen) atoms. The van der Waals surface area contributed by atoms with Crippen molar-refractivity contribution in [1.82, 2.24) is 14.8 Å². The lowest BCUT2D eigenvalue weighted by Crippen LogP contribution is -2.08. The molecule has 0 saturated carbocycles. The average molecular weight is 256 g/mol. The van der Waals surface area contributed by atoms with Gasteiger partial charge in [0.25, 0.3) is 5.56 Å². The molecule has 0 fully saturated rings. The third kappa shape index (κ3) is 1.65. The molecular weight excluding hydrogens is 244 g/mol. The number of aromatic hydroxyl groups is 1. The molecule has 0 aliphatic carbocycles. The molecule has 6 nitrogen and oxygen atoms in total. The third-order valence-electron chi connectivity index (χ3n) is 3.03. The van der Waals surface area contributed by atoms with Gasteiger partial charge in [0, 0.05) is 6.07 Å². The SMILES string of the molecule is Cc1ccccc1-n1nc2cc(O)[nH]c(=O)c2c1N. The van der Waals surface area contributed by atoms with Crippen molar-refractivity contribution >= 4 is 16.7 Å². The Morgan fingerprint density at radius 3 is 2.84 bits per heavy atom. The fourth-order valence-corrected chi connectivity index (χ4v) is 2.11. The van der Waals surface area contributed by atoms with Gasteiger partial charge in [0.05, 0.1) is 5.69 Å². The topological polar surface area (TPSA) is 96.9 Å². The van der Waals surface area contributed by atoms with Crippen LogP contribution in [0.25, 0.3) is 16.6 Å². The summed E-state index contributed by atoms with van der Waals surface area (Å²) in [4.78, 5) is 14.1. The van der Waals surface area contributed by atoms with Crippen LogP contribution in [-0.4, -0.2) is 19.9 Å². The number of benzene rings is 1. The highest BCUT2D eigenvalue weighted by atomic mass is 16.3. The van der Waals surface area contributed by atoms with E-state index in [1.165, 1.54) is 10.7 Å². The van der Waals surface area contributed by atoms with Gasteiger partial charge >= 0.3 is 0 Å². The summed E-state index contributed by atoms with van der Waals surface area (Å²) in [7, 11) is 0. The third-order valence-corrected chi connectivity index (χ3v) is 3.03. The minimum atomic E-state index is -0.452. The van der Waals surface area contributed by atoms with Gasteiger partial charge in [-0.3, -0.25) is 9.78 Å². The average Bonchev–Trinajstić information content (AvgIpc) is 2.67. The van der Waals surface area contributed by atoms with Crippen molar-refractivity contribution in [3.63, 3.8) is 0 Å². The van der Waals surface area contributed by atoms with Crippen LogP contribution < -0.4 is 11.3 Å². The molecule has 0 unspecified atom stereocenters. The second-order valence-corrected chi connectivity index (χ2v) is 4.33. The van der Waals surface area contributed by atoms with E-state index < -0.39 is 5.56 Å². The van der Waals surface area contributed by atoms with Crippen molar-refractivity contribution in [2.75, 3.05) is 5.73 Å². The molecule has 3 rings (SSSR count). The number of hydrogen-bond acceptors (Lipinski definition) is 4. The van der Waals surface area contributed by atoms with E-state index in [0.717, 1.165) is 11.3 Å². The lowest BCUT2D eigenvalue weighted by molar-refractivity contribution is 0.453. The number of pyridine rings is 1. The van der Waals surface area contributed by atoms with E-state index in [4.69, 9.17) is 5.73 Å². The first-order valence-corrected chi connectivity index (χ1v) is 5.74. The highest BCUT2D eigenvalue weighted by Crippen LogP contribution is 2.23. The van der Waals surface area contributed by atoms with Crippen LogP contribution in [0.5, 0.6) is 5.88 Å². The van der Waals surface area contributed by atoms with E-state index in [1.807, 2.05) is 31.2 Å².